The number of nitrogens with one attached hydrogen (secondary N) is 1. The second-order valence-electron chi connectivity index (χ2n) is 8.12. The fraction of sp³-hybridized carbons (Fsp3) is 0.778. The van der Waals surface area contributed by atoms with Crippen molar-refractivity contribution in [3.8, 4) is 0 Å². The molecule has 1 atom stereocenters. The molecule has 1 aromatic heterocycles. The number of piperidine rings is 2. The Balaban J connectivity index is 1.39. The average molecular weight is 361 g/mol. The predicted octanol–water partition coefficient (Wildman–Crippen LogP) is 1.04. The van der Waals surface area contributed by atoms with E-state index in [2.05, 4.69) is 25.3 Å². The summed E-state index contributed by atoms with van der Waals surface area (Å²) in [5.74, 6) is 1.27. The minimum atomic E-state index is -0.336. The van der Waals surface area contributed by atoms with Crippen LogP contribution in [0, 0.1) is 11.3 Å². The summed E-state index contributed by atoms with van der Waals surface area (Å²) in [6, 6.07) is 0. The zero-order valence-electron chi connectivity index (χ0n) is 15.4. The zero-order valence-corrected chi connectivity index (χ0v) is 15.4. The first-order valence-electron chi connectivity index (χ1n) is 9.62. The Morgan fingerprint density at radius 3 is 2.96 bits per heavy atom. The topological polar surface area (TPSA) is 91.6 Å². The summed E-state index contributed by atoms with van der Waals surface area (Å²) in [4.78, 5) is 32.5. The molecule has 3 aliphatic rings. The van der Waals surface area contributed by atoms with Gasteiger partial charge in [-0.1, -0.05) is 5.16 Å². The van der Waals surface area contributed by atoms with Crippen LogP contribution in [0.5, 0.6) is 0 Å². The van der Waals surface area contributed by atoms with Crippen molar-refractivity contribution in [3.63, 3.8) is 0 Å². The summed E-state index contributed by atoms with van der Waals surface area (Å²) < 4.78 is 5.24. The van der Waals surface area contributed by atoms with E-state index in [4.69, 9.17) is 4.52 Å². The van der Waals surface area contributed by atoms with Gasteiger partial charge in [-0.05, 0) is 44.6 Å². The van der Waals surface area contributed by atoms with Crippen molar-refractivity contribution in [1.29, 1.82) is 0 Å². The van der Waals surface area contributed by atoms with Crippen LogP contribution in [0.3, 0.4) is 0 Å². The van der Waals surface area contributed by atoms with Crippen LogP contribution in [0.15, 0.2) is 4.52 Å². The number of hydrogen-bond donors (Lipinski definition) is 1. The molecule has 1 aromatic rings. The maximum atomic E-state index is 12.3. The maximum Gasteiger partial charge on any atom is 0.292 e. The van der Waals surface area contributed by atoms with Gasteiger partial charge in [-0.15, -0.1) is 0 Å². The molecular formula is C18H27N5O3. The van der Waals surface area contributed by atoms with Gasteiger partial charge in [-0.25, -0.2) is 0 Å². The van der Waals surface area contributed by atoms with Gasteiger partial charge in [0.25, 0.3) is 11.7 Å². The molecule has 142 valence electrons. The van der Waals surface area contributed by atoms with E-state index in [1.165, 1.54) is 19.3 Å². The molecule has 2 saturated heterocycles. The molecule has 3 fully saturated rings. The Hall–Kier alpha value is -1.96. The Labute approximate surface area is 153 Å². The third-order valence-corrected chi connectivity index (χ3v) is 5.92. The lowest BCUT2D eigenvalue weighted by atomic mass is 9.73. The van der Waals surface area contributed by atoms with E-state index in [1.807, 2.05) is 0 Å². The predicted molar refractivity (Wildman–Crippen MR) is 93.2 cm³/mol. The van der Waals surface area contributed by atoms with E-state index >= 15 is 0 Å². The van der Waals surface area contributed by atoms with E-state index < -0.39 is 0 Å². The lowest BCUT2D eigenvalue weighted by Crippen LogP contribution is -2.54. The van der Waals surface area contributed by atoms with Gasteiger partial charge in [-0.3, -0.25) is 14.5 Å². The molecule has 1 saturated carbocycles. The fourth-order valence-corrected chi connectivity index (χ4v) is 4.37. The second-order valence-corrected chi connectivity index (χ2v) is 8.12. The normalized spacial score (nSPS) is 27.1. The van der Waals surface area contributed by atoms with E-state index in [9.17, 15) is 9.59 Å². The van der Waals surface area contributed by atoms with Crippen LogP contribution >= 0.6 is 0 Å². The van der Waals surface area contributed by atoms with E-state index in [0.29, 0.717) is 24.8 Å². The molecule has 1 spiro atoms. The van der Waals surface area contributed by atoms with Gasteiger partial charge in [0.1, 0.15) is 0 Å². The van der Waals surface area contributed by atoms with Gasteiger partial charge in [0.05, 0.1) is 6.54 Å². The van der Waals surface area contributed by atoms with Crippen molar-refractivity contribution >= 4 is 11.8 Å². The number of carbonyl (C=O) groups is 2. The number of aromatic nitrogens is 2. The van der Waals surface area contributed by atoms with E-state index in [0.717, 1.165) is 44.9 Å². The SMILES string of the molecule is CNC(=O)c1noc(CN2CCC[C@]3(CCC(=O)N(CC4CC4)C3)C2)n1. The van der Waals surface area contributed by atoms with Crippen LogP contribution < -0.4 is 5.32 Å². The molecule has 0 bridgehead atoms. The molecule has 0 aromatic carbocycles. The first kappa shape index (κ1) is 17.5. The molecule has 0 unspecified atom stereocenters. The molecule has 2 amide bonds. The van der Waals surface area contributed by atoms with Crippen LogP contribution in [0.2, 0.25) is 0 Å². The molecule has 2 aliphatic heterocycles. The average Bonchev–Trinajstić information content (AvgIpc) is 3.33. The highest BCUT2D eigenvalue weighted by Gasteiger charge is 2.43. The number of likely N-dealkylation sites (tertiary alicyclic amines) is 2. The fourth-order valence-electron chi connectivity index (χ4n) is 4.37. The number of amides is 2. The summed E-state index contributed by atoms with van der Waals surface area (Å²) in [6.45, 7) is 4.31. The summed E-state index contributed by atoms with van der Waals surface area (Å²) >= 11 is 0. The van der Waals surface area contributed by atoms with Crippen molar-refractivity contribution < 1.29 is 14.1 Å². The zero-order chi connectivity index (χ0) is 18.1. The number of carbonyl (C=O) groups excluding carboxylic acids is 2. The van der Waals surface area contributed by atoms with E-state index in [1.54, 1.807) is 7.05 Å². The van der Waals surface area contributed by atoms with Gasteiger partial charge in [0.2, 0.25) is 11.8 Å². The molecule has 8 heteroatoms. The first-order chi connectivity index (χ1) is 12.6. The number of nitrogens with zero attached hydrogens (tertiary/aromatic N) is 4. The Morgan fingerprint density at radius 2 is 2.19 bits per heavy atom. The summed E-state index contributed by atoms with van der Waals surface area (Å²) in [7, 11) is 1.55. The van der Waals surface area contributed by atoms with Crippen molar-refractivity contribution in [3.05, 3.63) is 11.7 Å². The highest BCUT2D eigenvalue weighted by Crippen LogP contribution is 2.40. The van der Waals surface area contributed by atoms with E-state index in [-0.39, 0.29) is 17.1 Å². The third-order valence-electron chi connectivity index (χ3n) is 5.92. The van der Waals surface area contributed by atoms with Crippen LogP contribution in [0.1, 0.15) is 55.0 Å². The number of rotatable bonds is 5. The van der Waals surface area contributed by atoms with Gasteiger partial charge in [0, 0.05) is 38.5 Å². The molecule has 1 aliphatic carbocycles. The highest BCUT2D eigenvalue weighted by atomic mass is 16.5. The van der Waals surface area contributed by atoms with Gasteiger partial charge < -0.3 is 14.7 Å². The van der Waals surface area contributed by atoms with Gasteiger partial charge in [0.15, 0.2) is 0 Å². The minimum Gasteiger partial charge on any atom is -0.352 e. The summed E-state index contributed by atoms with van der Waals surface area (Å²) in [6.07, 6.45) is 6.47. The van der Waals surface area contributed by atoms with Gasteiger partial charge in [-0.2, -0.15) is 4.98 Å². The monoisotopic (exact) mass is 361 g/mol. The molecule has 1 N–H and O–H groups in total. The van der Waals surface area contributed by atoms with Gasteiger partial charge >= 0.3 is 0 Å². The molecule has 4 rings (SSSR count). The minimum absolute atomic E-state index is 0.0769. The van der Waals surface area contributed by atoms with Crippen molar-refractivity contribution in [2.75, 3.05) is 33.2 Å². The molecule has 26 heavy (non-hydrogen) atoms. The summed E-state index contributed by atoms with van der Waals surface area (Å²) in [5, 5.41) is 6.24. The lowest BCUT2D eigenvalue weighted by Gasteiger charge is -2.48. The van der Waals surface area contributed by atoms with Crippen LogP contribution in [0.25, 0.3) is 0 Å². The largest absolute Gasteiger partial charge is 0.352 e. The first-order valence-corrected chi connectivity index (χ1v) is 9.62. The quantitative estimate of drug-likeness (QED) is 0.843. The van der Waals surface area contributed by atoms with Crippen molar-refractivity contribution in [2.45, 2.75) is 45.1 Å². The Morgan fingerprint density at radius 1 is 1.35 bits per heavy atom. The van der Waals surface area contributed by atoms with Crippen LogP contribution in [-0.2, 0) is 11.3 Å². The Bertz CT molecular complexity index is 686. The Kier molecular flexibility index (Phi) is 4.69. The standard InChI is InChI=1S/C18H27N5O3/c1-19-17(25)16-20-14(26-21-16)10-22-8-2-6-18(11-22)7-5-15(24)23(12-18)9-13-3-4-13/h13H,2-12H2,1H3,(H,19,25)/t18-/m0/s1. The molecule has 8 nitrogen and oxygen atoms in total. The van der Waals surface area contributed by atoms with Crippen molar-refractivity contribution in [2.24, 2.45) is 11.3 Å². The highest BCUT2D eigenvalue weighted by molar-refractivity contribution is 5.89. The maximum absolute atomic E-state index is 12.3. The second kappa shape index (κ2) is 6.98. The lowest BCUT2D eigenvalue weighted by molar-refractivity contribution is -0.139. The smallest absolute Gasteiger partial charge is 0.292 e. The van der Waals surface area contributed by atoms with Crippen LogP contribution in [-0.4, -0.2) is 65.0 Å². The third kappa shape index (κ3) is 3.75. The number of hydrogen-bond acceptors (Lipinski definition) is 6. The van der Waals surface area contributed by atoms with Crippen molar-refractivity contribution in [1.82, 2.24) is 25.3 Å². The molecule has 3 heterocycles. The van der Waals surface area contributed by atoms with Crippen LogP contribution in [0.4, 0.5) is 0 Å². The summed E-state index contributed by atoms with van der Waals surface area (Å²) in [5.41, 5.74) is 0.185. The molecular weight excluding hydrogens is 334 g/mol. The molecule has 0 radical (unpaired) electrons.